The molecule has 0 fully saturated rings. The molecule has 11 heteroatoms. The van der Waals surface area contributed by atoms with E-state index >= 15 is 0 Å². The lowest BCUT2D eigenvalue weighted by atomic mass is 10.1. The maximum Gasteiger partial charge on any atom is 0.228 e. The van der Waals surface area contributed by atoms with E-state index in [0.717, 1.165) is 11.6 Å². The molecule has 0 atom stereocenters. The van der Waals surface area contributed by atoms with Gasteiger partial charge in [0.25, 0.3) is 0 Å². The molecule has 4 N–H and O–H groups in total. The summed E-state index contributed by atoms with van der Waals surface area (Å²) >= 11 is 0. The first-order valence-electron chi connectivity index (χ1n) is 13.0. The van der Waals surface area contributed by atoms with E-state index in [4.69, 9.17) is 9.97 Å². The molecule has 5 aromatic heterocycles. The minimum atomic E-state index is -0.567. The fourth-order valence-corrected chi connectivity index (χ4v) is 4.85. The number of anilines is 1. The minimum absolute atomic E-state index is 0.145. The summed E-state index contributed by atoms with van der Waals surface area (Å²) in [5, 5.41) is 20.2. The number of aromatic nitrogens is 7. The van der Waals surface area contributed by atoms with Crippen LogP contribution in [0.15, 0.2) is 91.5 Å². The molecule has 0 unspecified atom stereocenters. The van der Waals surface area contributed by atoms with Gasteiger partial charge in [0.1, 0.15) is 17.1 Å². The summed E-state index contributed by atoms with van der Waals surface area (Å²) in [6, 6.07) is 18.8. The second-order valence-electron chi connectivity index (χ2n) is 9.70. The van der Waals surface area contributed by atoms with Crippen molar-refractivity contribution in [3.8, 4) is 39.7 Å². The molecular weight excluding hydrogens is 535 g/mol. The lowest BCUT2D eigenvalue weighted by molar-refractivity contribution is -0.115. The number of carbonyl (C=O) groups excluding carboxylic acids is 1. The Morgan fingerprint density at radius 1 is 0.857 bits per heavy atom. The van der Waals surface area contributed by atoms with Gasteiger partial charge in [0.05, 0.1) is 46.7 Å². The van der Waals surface area contributed by atoms with Gasteiger partial charge in [0.2, 0.25) is 5.91 Å². The molecule has 0 radical (unpaired) electrons. The number of phenols is 1. The summed E-state index contributed by atoms with van der Waals surface area (Å²) in [5.41, 5.74) is 6.72. The Hall–Kier alpha value is -5.97. The molecule has 7 rings (SSSR count). The topological polar surface area (TPSA) is 145 Å². The number of halogens is 1. The molecule has 7 aromatic rings. The number of pyridine rings is 3. The number of amides is 1. The summed E-state index contributed by atoms with van der Waals surface area (Å²) in [6.07, 6.45) is 6.70. The van der Waals surface area contributed by atoms with Crippen LogP contribution in [0.5, 0.6) is 5.75 Å². The van der Waals surface area contributed by atoms with Crippen LogP contribution in [0.3, 0.4) is 0 Å². The molecule has 0 saturated carbocycles. The third-order valence-electron chi connectivity index (χ3n) is 6.75. The number of hydrogen-bond acceptors (Lipinski definition) is 7. The van der Waals surface area contributed by atoms with Crippen LogP contribution in [0.25, 0.3) is 56.0 Å². The van der Waals surface area contributed by atoms with Gasteiger partial charge >= 0.3 is 0 Å². The lowest BCUT2D eigenvalue weighted by Crippen LogP contribution is -2.14. The Balaban J connectivity index is 1.22. The van der Waals surface area contributed by atoms with Gasteiger partial charge in [-0.15, -0.1) is 0 Å². The molecule has 1 amide bonds. The Kier molecular flexibility index (Phi) is 6.08. The Bertz CT molecular complexity index is 2090. The molecule has 0 bridgehead atoms. The quantitative estimate of drug-likeness (QED) is 0.207. The van der Waals surface area contributed by atoms with Crippen molar-refractivity contribution in [1.29, 1.82) is 0 Å². The second kappa shape index (κ2) is 10.2. The monoisotopic (exact) mass is 556 g/mol. The number of H-pyrrole nitrogens is 2. The number of aromatic amines is 2. The Morgan fingerprint density at radius 2 is 1.71 bits per heavy atom. The highest BCUT2D eigenvalue weighted by atomic mass is 19.1. The van der Waals surface area contributed by atoms with Crippen molar-refractivity contribution < 1.29 is 14.3 Å². The first-order valence-corrected chi connectivity index (χ1v) is 13.0. The van der Waals surface area contributed by atoms with E-state index in [1.165, 1.54) is 12.1 Å². The van der Waals surface area contributed by atoms with Crippen LogP contribution in [0.4, 0.5) is 10.1 Å². The number of benzene rings is 2. The van der Waals surface area contributed by atoms with Gasteiger partial charge in [-0.1, -0.05) is 30.3 Å². The van der Waals surface area contributed by atoms with E-state index in [0.29, 0.717) is 61.7 Å². The number of rotatable bonds is 6. The van der Waals surface area contributed by atoms with E-state index < -0.39 is 5.82 Å². The Labute approximate surface area is 237 Å². The molecule has 10 nitrogen and oxygen atoms in total. The van der Waals surface area contributed by atoms with E-state index in [9.17, 15) is 14.3 Å². The average molecular weight is 557 g/mol. The molecule has 5 heterocycles. The van der Waals surface area contributed by atoms with E-state index in [2.05, 4.69) is 30.5 Å². The van der Waals surface area contributed by atoms with Crippen molar-refractivity contribution in [2.24, 2.45) is 0 Å². The van der Waals surface area contributed by atoms with E-state index in [1.807, 2.05) is 48.5 Å². The van der Waals surface area contributed by atoms with Crippen molar-refractivity contribution in [1.82, 2.24) is 35.1 Å². The highest BCUT2D eigenvalue weighted by molar-refractivity contribution is 5.96. The van der Waals surface area contributed by atoms with Gasteiger partial charge in [-0.05, 0) is 41.5 Å². The largest absolute Gasteiger partial charge is 0.508 e. The molecule has 204 valence electrons. The zero-order valence-corrected chi connectivity index (χ0v) is 21.8. The smallest absolute Gasteiger partial charge is 0.228 e. The molecule has 2 aromatic carbocycles. The van der Waals surface area contributed by atoms with Crippen molar-refractivity contribution in [2.45, 2.75) is 6.42 Å². The van der Waals surface area contributed by atoms with Crippen LogP contribution >= 0.6 is 0 Å². The number of hydrogen-bond donors (Lipinski definition) is 4. The van der Waals surface area contributed by atoms with Gasteiger partial charge in [-0.3, -0.25) is 19.9 Å². The number of fused-ring (bicyclic) bond motifs is 2. The highest BCUT2D eigenvalue weighted by Crippen LogP contribution is 2.33. The number of aromatic hydroxyl groups is 1. The third-order valence-corrected chi connectivity index (χ3v) is 6.75. The van der Waals surface area contributed by atoms with Crippen LogP contribution in [0.1, 0.15) is 5.56 Å². The van der Waals surface area contributed by atoms with Gasteiger partial charge in [-0.2, -0.15) is 5.10 Å². The summed E-state index contributed by atoms with van der Waals surface area (Å²) in [4.78, 5) is 33.9. The maximum atomic E-state index is 14.0. The predicted molar refractivity (Wildman–Crippen MR) is 156 cm³/mol. The van der Waals surface area contributed by atoms with Gasteiger partial charge < -0.3 is 15.4 Å². The third kappa shape index (κ3) is 4.79. The molecule has 0 saturated heterocycles. The van der Waals surface area contributed by atoms with Crippen molar-refractivity contribution in [3.05, 3.63) is 103 Å². The zero-order chi connectivity index (χ0) is 28.6. The van der Waals surface area contributed by atoms with Crippen molar-refractivity contribution >= 4 is 33.7 Å². The standard InChI is InChI=1S/C31H21FN8O2/c32-20-9-18(11-22(41)12-20)23-15-34-16-26-28(23)38-31(37-26)30-29-25(39-40-30)7-6-24(36-29)19-10-21(14-33-13-19)35-27(42)8-17-4-2-1-3-5-17/h1-7,9-16,41H,8H2,(H,35,42)(H,37,38)(H,39,40). The number of imidazole rings is 1. The Morgan fingerprint density at radius 3 is 2.57 bits per heavy atom. The summed E-state index contributed by atoms with van der Waals surface area (Å²) < 4.78 is 14.0. The minimum Gasteiger partial charge on any atom is -0.508 e. The lowest BCUT2D eigenvalue weighted by Gasteiger charge is -2.07. The molecule has 0 aliphatic carbocycles. The van der Waals surface area contributed by atoms with Gasteiger partial charge in [0.15, 0.2) is 11.5 Å². The van der Waals surface area contributed by atoms with Crippen LogP contribution in [-0.4, -0.2) is 46.1 Å². The zero-order valence-electron chi connectivity index (χ0n) is 21.8. The molecule has 0 aliphatic heterocycles. The first-order chi connectivity index (χ1) is 20.5. The maximum absolute atomic E-state index is 14.0. The summed E-state index contributed by atoms with van der Waals surface area (Å²) in [7, 11) is 0. The average Bonchev–Trinajstić information content (AvgIpc) is 3.61. The first kappa shape index (κ1) is 25.0. The SMILES string of the molecule is O=C(Cc1ccccc1)Nc1cncc(-c2ccc3[nH]nc(-c4nc5c(-c6cc(O)cc(F)c6)cncc5[nH]4)c3n2)c1. The molecular formula is C31H21FN8O2. The summed E-state index contributed by atoms with van der Waals surface area (Å²) in [5.74, 6) is -0.465. The van der Waals surface area contributed by atoms with Crippen molar-refractivity contribution in [2.75, 3.05) is 5.32 Å². The molecule has 0 aliphatic rings. The fraction of sp³-hybridized carbons (Fsp3) is 0.0323. The van der Waals surface area contributed by atoms with Crippen LogP contribution in [0.2, 0.25) is 0 Å². The van der Waals surface area contributed by atoms with E-state index in [-0.39, 0.29) is 18.1 Å². The summed E-state index contributed by atoms with van der Waals surface area (Å²) in [6.45, 7) is 0. The number of phenolic OH excluding ortho intramolecular Hbond substituents is 1. The molecule has 42 heavy (non-hydrogen) atoms. The van der Waals surface area contributed by atoms with Crippen LogP contribution < -0.4 is 5.32 Å². The second-order valence-corrected chi connectivity index (χ2v) is 9.70. The van der Waals surface area contributed by atoms with E-state index in [1.54, 1.807) is 24.8 Å². The number of carbonyl (C=O) groups is 1. The molecule has 0 spiro atoms. The highest BCUT2D eigenvalue weighted by Gasteiger charge is 2.18. The van der Waals surface area contributed by atoms with Crippen LogP contribution in [-0.2, 0) is 11.2 Å². The normalized spacial score (nSPS) is 11.3. The predicted octanol–water partition coefficient (Wildman–Crippen LogP) is 5.65. The van der Waals surface area contributed by atoms with Crippen molar-refractivity contribution in [3.63, 3.8) is 0 Å². The van der Waals surface area contributed by atoms with Gasteiger partial charge in [-0.25, -0.2) is 14.4 Å². The van der Waals surface area contributed by atoms with Crippen LogP contribution in [0, 0.1) is 5.82 Å². The number of nitrogens with zero attached hydrogens (tertiary/aromatic N) is 5. The fourth-order valence-electron chi connectivity index (χ4n) is 4.85. The van der Waals surface area contributed by atoms with Gasteiger partial charge in [0, 0.05) is 29.6 Å². The number of nitrogens with one attached hydrogen (secondary N) is 3.